The normalized spacial score (nSPS) is 8.59. The molecule has 8 nitrogen and oxygen atoms in total. The van der Waals surface area contributed by atoms with Gasteiger partial charge in [-0.15, -0.1) is 6.58 Å². The van der Waals surface area contributed by atoms with E-state index in [1.54, 1.807) is 18.2 Å². The molecule has 0 atom stereocenters. The van der Waals surface area contributed by atoms with E-state index < -0.39 is 22.5 Å². The van der Waals surface area contributed by atoms with Crippen molar-refractivity contribution in [3.05, 3.63) is 47.5 Å². The smallest absolute Gasteiger partial charge is 0.335 e. The summed E-state index contributed by atoms with van der Waals surface area (Å²) in [7, 11) is -6.26. The zero-order chi connectivity index (χ0) is 18.3. The maximum Gasteiger partial charge on any atom is 0.335 e. The lowest BCUT2D eigenvalue weighted by atomic mass is 10.0. The molecular weight excluding hydrogens is 334 g/mol. The first-order chi connectivity index (χ1) is 10.0. The first-order valence-corrected chi connectivity index (χ1v) is 8.32. The van der Waals surface area contributed by atoms with Crippen LogP contribution in [0.25, 0.3) is 0 Å². The van der Waals surface area contributed by atoms with Gasteiger partial charge in [0.1, 0.15) is 0 Å². The van der Waals surface area contributed by atoms with E-state index in [1.807, 2.05) is 26.8 Å². The fourth-order valence-corrected chi connectivity index (χ4v) is 0.983. The van der Waals surface area contributed by atoms with Gasteiger partial charge in [-0.2, -0.15) is 0 Å². The summed E-state index contributed by atoms with van der Waals surface area (Å²) in [4.78, 5) is 39.2. The summed E-state index contributed by atoms with van der Waals surface area (Å²) in [6.07, 6.45) is 1.75. The van der Waals surface area contributed by atoms with Crippen molar-refractivity contribution in [2.75, 3.05) is 0 Å². The van der Waals surface area contributed by atoms with Crippen molar-refractivity contribution in [2.45, 2.75) is 20.8 Å². The van der Waals surface area contributed by atoms with Gasteiger partial charge in [0.2, 0.25) is 0 Å². The van der Waals surface area contributed by atoms with E-state index >= 15 is 0 Å². The van der Waals surface area contributed by atoms with E-state index in [0.29, 0.717) is 5.56 Å². The van der Waals surface area contributed by atoms with Crippen LogP contribution in [-0.2, 0) is 9.13 Å². The van der Waals surface area contributed by atoms with Crippen LogP contribution in [-0.4, -0.2) is 30.6 Å². The highest BCUT2D eigenvalue weighted by Gasteiger charge is 2.06. The lowest BCUT2D eigenvalue weighted by molar-refractivity contribution is 0.0696. The van der Waals surface area contributed by atoms with Gasteiger partial charge in [-0.1, -0.05) is 18.2 Å². The summed E-state index contributed by atoms with van der Waals surface area (Å²) in [6, 6.07) is 5.28. The number of rotatable bonds is 1. The van der Waals surface area contributed by atoms with Crippen LogP contribution in [0, 0.1) is 13.8 Å². The predicted molar refractivity (Wildman–Crippen MR) is 85.6 cm³/mol. The minimum Gasteiger partial charge on any atom is -0.478 e. The Kier molecular flexibility index (Phi) is 18.8. The van der Waals surface area contributed by atoms with E-state index in [1.165, 1.54) is 0 Å². The molecule has 0 bridgehead atoms. The molecule has 22 heavy (non-hydrogen) atoms. The van der Waals surface area contributed by atoms with Gasteiger partial charge in [-0.3, -0.25) is 9.13 Å². The first-order valence-electron chi connectivity index (χ1n) is 5.71. The number of allylic oxidation sites excluding steroid dienone is 1. The molecule has 0 aliphatic heterocycles. The zero-order valence-electron chi connectivity index (χ0n) is 12.5. The van der Waals surface area contributed by atoms with Gasteiger partial charge in [-0.25, -0.2) is 4.79 Å². The first kappa shape index (κ1) is 25.7. The lowest BCUT2D eigenvalue weighted by Crippen LogP contribution is -2.00. The third-order valence-electron chi connectivity index (χ3n) is 1.84. The van der Waals surface area contributed by atoms with E-state index in [9.17, 15) is 4.79 Å². The second-order valence-corrected chi connectivity index (χ2v) is 4.66. The minimum absolute atomic E-state index is 0.394. The zero-order valence-corrected chi connectivity index (χ0v) is 14.5. The molecule has 0 unspecified atom stereocenters. The fraction of sp³-hybridized carbons (Fsp3) is 0.250. The maximum absolute atomic E-state index is 10.6. The second kappa shape index (κ2) is 16.1. The molecule has 1 aromatic carbocycles. The van der Waals surface area contributed by atoms with E-state index in [4.69, 9.17) is 33.8 Å². The summed E-state index contributed by atoms with van der Waals surface area (Å²) in [5, 5.41) is 8.69. The Morgan fingerprint density at radius 3 is 1.64 bits per heavy atom. The van der Waals surface area contributed by atoms with Crippen LogP contribution in [0.1, 0.15) is 28.4 Å². The van der Waals surface area contributed by atoms with Gasteiger partial charge in [0.25, 0.3) is 0 Å². The number of aromatic carboxylic acids is 1. The van der Waals surface area contributed by atoms with Gasteiger partial charge < -0.3 is 24.7 Å². The predicted octanol–water partition coefficient (Wildman–Crippen LogP) is 1.92. The van der Waals surface area contributed by atoms with Crippen LogP contribution in [0.5, 0.6) is 0 Å². The fourth-order valence-electron chi connectivity index (χ4n) is 0.983. The number of carbonyl (C=O) groups is 1. The molecule has 1 rings (SSSR count). The Morgan fingerprint density at radius 2 is 1.41 bits per heavy atom. The molecule has 0 fully saturated rings. The maximum atomic E-state index is 10.6. The molecule has 5 N–H and O–H groups in total. The average Bonchev–Trinajstić information content (AvgIpc) is 2.31. The van der Waals surface area contributed by atoms with Gasteiger partial charge in [0, 0.05) is 0 Å². The molecule has 0 amide bonds. The largest absolute Gasteiger partial charge is 0.478 e. The van der Waals surface area contributed by atoms with Crippen molar-refractivity contribution in [2.24, 2.45) is 0 Å². The second-order valence-electron chi connectivity index (χ2n) is 3.53. The Bertz CT molecular complexity index is 482. The molecule has 128 valence electrons. The van der Waals surface area contributed by atoms with Crippen molar-refractivity contribution in [1.29, 1.82) is 0 Å². The molecular formula is C12H22O8P2. The third kappa shape index (κ3) is 21.0. The molecule has 0 spiro atoms. The molecule has 0 saturated heterocycles. The van der Waals surface area contributed by atoms with Crippen LogP contribution < -0.4 is 0 Å². The molecule has 1 aromatic rings. The Hall–Kier alpha value is -1.27. The number of aryl methyl sites for hydroxylation is 1. The van der Waals surface area contributed by atoms with Crippen LogP contribution in [0.3, 0.4) is 0 Å². The van der Waals surface area contributed by atoms with Crippen molar-refractivity contribution in [3.63, 3.8) is 0 Å². The third-order valence-corrected chi connectivity index (χ3v) is 1.84. The van der Waals surface area contributed by atoms with Crippen molar-refractivity contribution in [3.8, 4) is 0 Å². The van der Waals surface area contributed by atoms with Gasteiger partial charge in [0.15, 0.2) is 0 Å². The number of hydrogen-bond donors (Lipinski definition) is 5. The van der Waals surface area contributed by atoms with Crippen LogP contribution >= 0.6 is 16.5 Å². The summed E-state index contributed by atoms with van der Waals surface area (Å²) in [5.41, 5.74) is 2.26. The monoisotopic (exact) mass is 356 g/mol. The Labute approximate surface area is 130 Å². The topological polar surface area (TPSA) is 152 Å². The molecule has 0 radical (unpaired) electrons. The Morgan fingerprint density at radius 1 is 1.09 bits per heavy atom. The molecule has 0 aliphatic rings. The van der Waals surface area contributed by atoms with E-state index in [-0.39, 0.29) is 0 Å². The summed E-state index contributed by atoms with van der Waals surface area (Å²) in [5.74, 6) is -0.855. The highest BCUT2D eigenvalue weighted by molar-refractivity contribution is 7.31. The number of carboxylic acid groups (broad SMARTS) is 1. The molecule has 0 saturated carbocycles. The van der Waals surface area contributed by atoms with Crippen molar-refractivity contribution < 1.29 is 38.6 Å². The van der Waals surface area contributed by atoms with E-state index in [2.05, 4.69) is 6.58 Å². The summed E-state index contributed by atoms with van der Waals surface area (Å²) < 4.78 is 17.5. The highest BCUT2D eigenvalue weighted by Crippen LogP contribution is 2.11. The van der Waals surface area contributed by atoms with Crippen molar-refractivity contribution in [1.82, 2.24) is 0 Å². The number of benzene rings is 1. The standard InChI is InChI=1S/C9H10O2.C3H6.2H3O3P/c1-6-4-3-5-8(7(6)2)9(10)11;1-3-2;2*1-4(2)3/h3-5H,1-2H3,(H,10,11);3H,1H2,2H3;2*4H,(H2,1,2,3). The Balaban J connectivity index is -0.000000273. The van der Waals surface area contributed by atoms with Crippen molar-refractivity contribution >= 4 is 22.5 Å². The van der Waals surface area contributed by atoms with Crippen LogP contribution in [0.2, 0.25) is 0 Å². The van der Waals surface area contributed by atoms with E-state index in [0.717, 1.165) is 11.1 Å². The number of carboxylic acids is 1. The highest BCUT2D eigenvalue weighted by atomic mass is 31.1. The van der Waals surface area contributed by atoms with Gasteiger partial charge >= 0.3 is 22.5 Å². The quantitative estimate of drug-likeness (QED) is 0.378. The molecule has 10 heteroatoms. The minimum atomic E-state index is -3.13. The average molecular weight is 356 g/mol. The van der Waals surface area contributed by atoms with Gasteiger partial charge in [-0.05, 0) is 38.0 Å². The van der Waals surface area contributed by atoms with Crippen LogP contribution in [0.4, 0.5) is 0 Å². The molecule has 0 aliphatic carbocycles. The number of hydrogen-bond acceptors (Lipinski definition) is 3. The summed E-state index contributed by atoms with van der Waals surface area (Å²) >= 11 is 0. The molecule has 0 aromatic heterocycles. The lowest BCUT2D eigenvalue weighted by Gasteiger charge is -2.02. The molecule has 0 heterocycles. The van der Waals surface area contributed by atoms with Gasteiger partial charge in [0.05, 0.1) is 5.56 Å². The van der Waals surface area contributed by atoms with Crippen LogP contribution in [0.15, 0.2) is 30.9 Å². The SMILES string of the molecule is C=CC.Cc1cccc(C(=O)O)c1C.O=[PH](O)O.O=[PH](O)O. The summed E-state index contributed by atoms with van der Waals surface area (Å²) in [6.45, 7) is 8.97.